The summed E-state index contributed by atoms with van der Waals surface area (Å²) in [6.45, 7) is 1.77. The van der Waals surface area contributed by atoms with E-state index in [9.17, 15) is 4.79 Å². The zero-order chi connectivity index (χ0) is 23.8. The van der Waals surface area contributed by atoms with Crippen molar-refractivity contribution < 1.29 is 14.3 Å². The van der Waals surface area contributed by atoms with Crippen LogP contribution in [0.4, 0.5) is 11.5 Å². The first kappa shape index (κ1) is 21.2. The number of benzene rings is 3. The highest BCUT2D eigenvalue weighted by Gasteiger charge is 2.30. The van der Waals surface area contributed by atoms with Gasteiger partial charge in [-0.25, -0.2) is 4.98 Å². The highest BCUT2D eigenvalue weighted by Crippen LogP contribution is 2.38. The van der Waals surface area contributed by atoms with Gasteiger partial charge in [-0.3, -0.25) is 4.79 Å². The van der Waals surface area contributed by atoms with Crippen LogP contribution in [0.2, 0.25) is 0 Å². The molecule has 0 bridgehead atoms. The summed E-state index contributed by atoms with van der Waals surface area (Å²) >= 11 is 0. The van der Waals surface area contributed by atoms with E-state index < -0.39 is 6.04 Å². The SMILES string of the molecule is NC(C(=O)N1CCn2c(nc(-c3ccccc3)c2Nc2ccc3c(c2)OCO3)C1)c1ccccc1. The van der Waals surface area contributed by atoms with Crippen molar-refractivity contribution in [2.75, 3.05) is 18.7 Å². The molecule has 8 heteroatoms. The second-order valence-corrected chi connectivity index (χ2v) is 8.58. The molecule has 0 saturated carbocycles. The van der Waals surface area contributed by atoms with Crippen LogP contribution in [0.15, 0.2) is 78.9 Å². The van der Waals surface area contributed by atoms with Crippen LogP contribution >= 0.6 is 0 Å². The summed E-state index contributed by atoms with van der Waals surface area (Å²) < 4.78 is 13.1. The van der Waals surface area contributed by atoms with Crippen LogP contribution in [-0.4, -0.2) is 33.7 Å². The number of nitrogens with zero attached hydrogens (tertiary/aromatic N) is 3. The van der Waals surface area contributed by atoms with E-state index in [2.05, 4.69) is 9.88 Å². The molecule has 4 aromatic rings. The number of nitrogens with one attached hydrogen (secondary N) is 1. The number of rotatable bonds is 5. The standard InChI is InChI=1S/C27H25N5O3/c28-24(18-7-3-1-4-8-18)27(33)31-13-14-32-23(16-31)30-25(19-9-5-2-6-10-19)26(32)29-20-11-12-21-22(15-20)35-17-34-21/h1-12,15,24,29H,13-14,16-17,28H2. The van der Waals surface area contributed by atoms with Crippen molar-refractivity contribution in [2.45, 2.75) is 19.1 Å². The fraction of sp³-hybridized carbons (Fsp3) is 0.185. The second kappa shape index (κ2) is 8.81. The van der Waals surface area contributed by atoms with Crippen molar-refractivity contribution in [2.24, 2.45) is 5.73 Å². The maximum Gasteiger partial charge on any atom is 0.244 e. The van der Waals surface area contributed by atoms with E-state index in [4.69, 9.17) is 20.2 Å². The first-order valence-electron chi connectivity index (χ1n) is 11.6. The number of fused-ring (bicyclic) bond motifs is 2. The fourth-order valence-corrected chi connectivity index (χ4v) is 4.55. The molecule has 1 atom stereocenters. The molecule has 1 unspecified atom stereocenters. The summed E-state index contributed by atoms with van der Waals surface area (Å²) in [6.07, 6.45) is 0. The first-order chi connectivity index (χ1) is 17.2. The topological polar surface area (TPSA) is 94.6 Å². The molecule has 8 nitrogen and oxygen atoms in total. The lowest BCUT2D eigenvalue weighted by Crippen LogP contribution is -2.43. The predicted octanol–water partition coefficient (Wildman–Crippen LogP) is 4.06. The number of carbonyl (C=O) groups is 1. The summed E-state index contributed by atoms with van der Waals surface area (Å²) in [5.74, 6) is 3.04. The van der Waals surface area contributed by atoms with Gasteiger partial charge in [0.2, 0.25) is 12.7 Å². The molecule has 0 saturated heterocycles. The summed E-state index contributed by atoms with van der Waals surface area (Å²) in [5, 5.41) is 3.54. The van der Waals surface area contributed by atoms with Crippen molar-refractivity contribution in [1.82, 2.24) is 14.5 Å². The average molecular weight is 468 g/mol. The van der Waals surface area contributed by atoms with E-state index in [1.165, 1.54) is 0 Å². The van der Waals surface area contributed by atoms with Gasteiger partial charge >= 0.3 is 0 Å². The Kier molecular flexibility index (Phi) is 5.35. The van der Waals surface area contributed by atoms with Crippen LogP contribution in [0, 0.1) is 0 Å². The van der Waals surface area contributed by atoms with Gasteiger partial charge < -0.3 is 30.0 Å². The zero-order valence-corrected chi connectivity index (χ0v) is 19.1. The summed E-state index contributed by atoms with van der Waals surface area (Å²) in [7, 11) is 0. The molecule has 3 aromatic carbocycles. The molecule has 2 aliphatic heterocycles. The van der Waals surface area contributed by atoms with Gasteiger partial charge in [-0.15, -0.1) is 0 Å². The van der Waals surface area contributed by atoms with Crippen LogP contribution in [0.3, 0.4) is 0 Å². The molecule has 3 N–H and O–H groups in total. The first-order valence-corrected chi connectivity index (χ1v) is 11.6. The highest BCUT2D eigenvalue weighted by atomic mass is 16.7. The Balaban J connectivity index is 1.32. The van der Waals surface area contributed by atoms with Gasteiger partial charge in [-0.1, -0.05) is 60.7 Å². The molecular weight excluding hydrogens is 442 g/mol. The van der Waals surface area contributed by atoms with E-state index in [0.717, 1.165) is 39.9 Å². The van der Waals surface area contributed by atoms with Gasteiger partial charge in [0.05, 0.1) is 6.54 Å². The minimum Gasteiger partial charge on any atom is -0.454 e. The van der Waals surface area contributed by atoms with Gasteiger partial charge in [-0.2, -0.15) is 0 Å². The van der Waals surface area contributed by atoms with Gasteiger partial charge in [0.15, 0.2) is 11.5 Å². The van der Waals surface area contributed by atoms with E-state index in [1.807, 2.05) is 78.9 Å². The Morgan fingerprint density at radius 1 is 0.943 bits per heavy atom. The molecule has 176 valence electrons. The molecule has 1 aromatic heterocycles. The lowest BCUT2D eigenvalue weighted by molar-refractivity contribution is -0.134. The summed E-state index contributed by atoms with van der Waals surface area (Å²) in [6, 6.07) is 24.6. The molecule has 6 rings (SSSR count). The average Bonchev–Trinajstić information content (AvgIpc) is 3.53. The number of hydrogen-bond donors (Lipinski definition) is 2. The largest absolute Gasteiger partial charge is 0.454 e. The Morgan fingerprint density at radius 2 is 1.69 bits per heavy atom. The molecular formula is C27H25N5O3. The Labute approximate surface area is 202 Å². The number of ether oxygens (including phenoxy) is 2. The van der Waals surface area contributed by atoms with Crippen LogP contribution < -0.4 is 20.5 Å². The number of anilines is 2. The third kappa shape index (κ3) is 3.98. The molecule has 0 aliphatic carbocycles. The number of amides is 1. The second-order valence-electron chi connectivity index (χ2n) is 8.58. The lowest BCUT2D eigenvalue weighted by atomic mass is 10.1. The molecule has 35 heavy (non-hydrogen) atoms. The number of carbonyl (C=O) groups excluding carboxylic acids is 1. The number of hydrogen-bond acceptors (Lipinski definition) is 6. The minimum atomic E-state index is -0.697. The molecule has 0 fully saturated rings. The fourth-order valence-electron chi connectivity index (χ4n) is 4.55. The lowest BCUT2D eigenvalue weighted by Gasteiger charge is -2.30. The van der Waals surface area contributed by atoms with Crippen molar-refractivity contribution in [1.29, 1.82) is 0 Å². The zero-order valence-electron chi connectivity index (χ0n) is 19.1. The molecule has 1 amide bonds. The highest BCUT2D eigenvalue weighted by molar-refractivity contribution is 5.83. The third-order valence-corrected chi connectivity index (χ3v) is 6.39. The van der Waals surface area contributed by atoms with E-state index in [1.54, 1.807) is 4.90 Å². The van der Waals surface area contributed by atoms with Gasteiger partial charge in [0.1, 0.15) is 23.4 Å². The number of nitrogens with two attached hydrogens (primary N) is 1. The Bertz CT molecular complexity index is 1370. The molecule has 0 spiro atoms. The maximum atomic E-state index is 13.2. The number of imidazole rings is 1. The van der Waals surface area contributed by atoms with E-state index >= 15 is 0 Å². The van der Waals surface area contributed by atoms with Crippen molar-refractivity contribution in [3.05, 3.63) is 90.3 Å². The van der Waals surface area contributed by atoms with Crippen molar-refractivity contribution in [3.63, 3.8) is 0 Å². The third-order valence-electron chi connectivity index (χ3n) is 6.39. The van der Waals surface area contributed by atoms with Gasteiger partial charge in [0, 0.05) is 30.4 Å². The molecule has 3 heterocycles. The van der Waals surface area contributed by atoms with Crippen LogP contribution in [0.5, 0.6) is 11.5 Å². The normalized spacial score (nSPS) is 14.9. The van der Waals surface area contributed by atoms with Gasteiger partial charge in [0.25, 0.3) is 0 Å². The maximum absolute atomic E-state index is 13.2. The van der Waals surface area contributed by atoms with Crippen LogP contribution in [-0.2, 0) is 17.9 Å². The van der Waals surface area contributed by atoms with Gasteiger partial charge in [-0.05, 0) is 17.7 Å². The van der Waals surface area contributed by atoms with E-state index in [0.29, 0.717) is 25.4 Å². The quantitative estimate of drug-likeness (QED) is 0.460. The van der Waals surface area contributed by atoms with E-state index in [-0.39, 0.29) is 12.7 Å². The molecule has 2 aliphatic rings. The smallest absolute Gasteiger partial charge is 0.244 e. The van der Waals surface area contributed by atoms with Crippen LogP contribution in [0.1, 0.15) is 17.4 Å². The Morgan fingerprint density at radius 3 is 2.49 bits per heavy atom. The monoisotopic (exact) mass is 467 g/mol. The minimum absolute atomic E-state index is 0.100. The Hall–Kier alpha value is -4.30. The van der Waals surface area contributed by atoms with Crippen molar-refractivity contribution in [3.8, 4) is 22.8 Å². The van der Waals surface area contributed by atoms with Crippen molar-refractivity contribution >= 4 is 17.4 Å². The van der Waals surface area contributed by atoms with Crippen LogP contribution in [0.25, 0.3) is 11.3 Å². The number of aromatic nitrogens is 2. The summed E-state index contributed by atoms with van der Waals surface area (Å²) in [5.41, 5.74) is 9.82. The summed E-state index contributed by atoms with van der Waals surface area (Å²) in [4.78, 5) is 19.9. The molecule has 0 radical (unpaired) electrons. The predicted molar refractivity (Wildman–Crippen MR) is 132 cm³/mol.